The van der Waals surface area contributed by atoms with Crippen LogP contribution in [0.15, 0.2) is 40.3 Å². The lowest BCUT2D eigenvalue weighted by molar-refractivity contribution is -0.118. The van der Waals surface area contributed by atoms with Gasteiger partial charge in [0.2, 0.25) is 5.91 Å². The molecule has 0 bridgehead atoms. The lowest BCUT2D eigenvalue weighted by Crippen LogP contribution is -2.24. The van der Waals surface area contributed by atoms with Crippen LogP contribution in [0.25, 0.3) is 15.9 Å². The van der Waals surface area contributed by atoms with Crippen LogP contribution < -0.4 is 10.9 Å². The van der Waals surface area contributed by atoms with Crippen molar-refractivity contribution in [2.75, 3.05) is 12.3 Å². The first-order valence-corrected chi connectivity index (χ1v) is 11.3. The van der Waals surface area contributed by atoms with Gasteiger partial charge >= 0.3 is 0 Å². The van der Waals surface area contributed by atoms with Gasteiger partial charge < -0.3 is 5.32 Å². The molecule has 0 fully saturated rings. The average Bonchev–Trinajstić information content (AvgIpc) is 3.03. The number of aromatic nitrogens is 2. The van der Waals surface area contributed by atoms with E-state index in [1.807, 2.05) is 30.3 Å². The summed E-state index contributed by atoms with van der Waals surface area (Å²) in [5, 5.41) is 4.27. The number of hydrogen-bond acceptors (Lipinski definition) is 5. The van der Waals surface area contributed by atoms with Crippen molar-refractivity contribution in [3.8, 4) is 5.69 Å². The Balaban J connectivity index is 1.82. The summed E-state index contributed by atoms with van der Waals surface area (Å²) in [6, 6.07) is 9.68. The Hall–Kier alpha value is -2.12. The standard InChI is InChI=1S/C21H23N3O2S2/c1-13-8-9-16-17(12-13)28-19-18(16)20(26)24(15-6-4-3-5-7-15)21(23-19)27-11-10-22-14(2)25/h3-7,13H,8-12H2,1-2H3,(H,22,25)/t13-/m1/s1. The van der Waals surface area contributed by atoms with E-state index in [1.165, 1.54) is 29.1 Å². The Morgan fingerprint density at radius 2 is 2.14 bits per heavy atom. The van der Waals surface area contributed by atoms with Gasteiger partial charge in [-0.3, -0.25) is 14.2 Å². The summed E-state index contributed by atoms with van der Waals surface area (Å²) in [6.45, 7) is 4.32. The molecule has 0 spiro atoms. The van der Waals surface area contributed by atoms with Crippen molar-refractivity contribution in [2.24, 2.45) is 5.92 Å². The molecule has 1 aliphatic carbocycles. The minimum atomic E-state index is -0.0514. The first-order valence-electron chi connectivity index (χ1n) is 9.54. The predicted molar refractivity (Wildman–Crippen MR) is 116 cm³/mol. The molecule has 1 atom stereocenters. The van der Waals surface area contributed by atoms with Crippen LogP contribution >= 0.6 is 23.1 Å². The Morgan fingerprint density at radius 3 is 2.89 bits per heavy atom. The quantitative estimate of drug-likeness (QED) is 0.393. The molecule has 2 heterocycles. The van der Waals surface area contributed by atoms with Crippen LogP contribution in [0.1, 0.15) is 30.7 Å². The second-order valence-corrected chi connectivity index (χ2v) is 9.38. The maximum absolute atomic E-state index is 13.6. The summed E-state index contributed by atoms with van der Waals surface area (Å²) in [7, 11) is 0. The molecule has 1 aromatic carbocycles. The second kappa shape index (κ2) is 8.09. The molecule has 5 nitrogen and oxygen atoms in total. The van der Waals surface area contributed by atoms with Crippen LogP contribution in [0.2, 0.25) is 0 Å². The number of thioether (sulfide) groups is 1. The first-order chi connectivity index (χ1) is 13.5. The molecule has 0 radical (unpaired) electrons. The summed E-state index contributed by atoms with van der Waals surface area (Å²) in [6.07, 6.45) is 3.11. The van der Waals surface area contributed by atoms with Gasteiger partial charge in [0.25, 0.3) is 5.56 Å². The highest BCUT2D eigenvalue weighted by Gasteiger charge is 2.25. The van der Waals surface area contributed by atoms with Gasteiger partial charge in [0.05, 0.1) is 11.1 Å². The molecule has 7 heteroatoms. The normalized spacial score (nSPS) is 16.1. The van der Waals surface area contributed by atoms with Gasteiger partial charge in [-0.25, -0.2) is 4.98 Å². The highest BCUT2D eigenvalue weighted by Crippen LogP contribution is 2.36. The van der Waals surface area contributed by atoms with Gasteiger partial charge in [-0.05, 0) is 42.9 Å². The van der Waals surface area contributed by atoms with Crippen LogP contribution in [0.4, 0.5) is 0 Å². The fourth-order valence-corrected chi connectivity index (χ4v) is 5.93. The van der Waals surface area contributed by atoms with Crippen molar-refractivity contribution in [1.82, 2.24) is 14.9 Å². The molecule has 1 amide bonds. The third-order valence-corrected chi connectivity index (χ3v) is 7.11. The minimum absolute atomic E-state index is 0.0188. The number of amides is 1. The fraction of sp³-hybridized carbons (Fsp3) is 0.381. The number of rotatable bonds is 5. The Kier molecular flexibility index (Phi) is 5.55. The van der Waals surface area contributed by atoms with E-state index in [4.69, 9.17) is 4.98 Å². The summed E-state index contributed by atoms with van der Waals surface area (Å²) < 4.78 is 1.73. The Labute approximate surface area is 172 Å². The molecule has 3 aromatic rings. The van der Waals surface area contributed by atoms with Gasteiger partial charge in [-0.2, -0.15) is 0 Å². The van der Waals surface area contributed by atoms with E-state index >= 15 is 0 Å². The number of aryl methyl sites for hydroxylation is 1. The highest BCUT2D eigenvalue weighted by molar-refractivity contribution is 7.99. The number of carbonyl (C=O) groups excluding carboxylic acids is 1. The second-order valence-electron chi connectivity index (χ2n) is 7.23. The predicted octanol–water partition coefficient (Wildman–Crippen LogP) is 3.80. The lowest BCUT2D eigenvalue weighted by atomic mass is 9.89. The van der Waals surface area contributed by atoms with Crippen LogP contribution in [-0.4, -0.2) is 27.8 Å². The summed E-state index contributed by atoms with van der Waals surface area (Å²) in [5.74, 6) is 1.26. The molecule has 28 heavy (non-hydrogen) atoms. The van der Waals surface area contributed by atoms with Gasteiger partial charge in [0, 0.05) is 24.1 Å². The zero-order chi connectivity index (χ0) is 19.7. The van der Waals surface area contributed by atoms with Crippen molar-refractivity contribution in [1.29, 1.82) is 0 Å². The van der Waals surface area contributed by atoms with Crippen molar-refractivity contribution in [3.63, 3.8) is 0 Å². The topological polar surface area (TPSA) is 64.0 Å². The third-order valence-electron chi connectivity index (χ3n) is 5.02. The smallest absolute Gasteiger partial charge is 0.267 e. The molecule has 1 aliphatic rings. The van der Waals surface area contributed by atoms with E-state index in [1.54, 1.807) is 15.9 Å². The molecular formula is C21H23N3O2S2. The zero-order valence-electron chi connectivity index (χ0n) is 16.0. The van der Waals surface area contributed by atoms with Gasteiger partial charge in [-0.1, -0.05) is 36.9 Å². The van der Waals surface area contributed by atoms with Crippen molar-refractivity contribution in [3.05, 3.63) is 51.1 Å². The van der Waals surface area contributed by atoms with E-state index in [-0.39, 0.29) is 11.5 Å². The van der Waals surface area contributed by atoms with Gasteiger partial charge in [0.15, 0.2) is 5.16 Å². The molecule has 0 saturated carbocycles. The molecule has 0 unspecified atom stereocenters. The number of carbonyl (C=O) groups is 1. The maximum Gasteiger partial charge on any atom is 0.267 e. The van der Waals surface area contributed by atoms with Gasteiger partial charge in [0.1, 0.15) is 4.83 Å². The van der Waals surface area contributed by atoms with E-state index < -0.39 is 0 Å². The Bertz CT molecular complexity index is 1070. The van der Waals surface area contributed by atoms with E-state index in [0.717, 1.165) is 35.2 Å². The molecule has 1 N–H and O–H groups in total. The maximum atomic E-state index is 13.6. The lowest BCUT2D eigenvalue weighted by Gasteiger charge is -2.17. The van der Waals surface area contributed by atoms with E-state index in [0.29, 0.717) is 23.4 Å². The molecule has 146 valence electrons. The largest absolute Gasteiger partial charge is 0.356 e. The van der Waals surface area contributed by atoms with Crippen LogP contribution in [-0.2, 0) is 17.6 Å². The highest BCUT2D eigenvalue weighted by atomic mass is 32.2. The fourth-order valence-electron chi connectivity index (χ4n) is 3.64. The van der Waals surface area contributed by atoms with Crippen molar-refractivity contribution < 1.29 is 4.79 Å². The van der Waals surface area contributed by atoms with Crippen molar-refractivity contribution >= 4 is 39.2 Å². The summed E-state index contributed by atoms with van der Waals surface area (Å²) in [4.78, 5) is 31.7. The molecule has 4 rings (SSSR count). The number of para-hydroxylation sites is 1. The minimum Gasteiger partial charge on any atom is -0.356 e. The van der Waals surface area contributed by atoms with Crippen LogP contribution in [0, 0.1) is 5.92 Å². The molecule has 0 saturated heterocycles. The molecular weight excluding hydrogens is 390 g/mol. The van der Waals surface area contributed by atoms with Crippen molar-refractivity contribution in [2.45, 2.75) is 38.3 Å². The van der Waals surface area contributed by atoms with Gasteiger partial charge in [-0.15, -0.1) is 11.3 Å². The summed E-state index contributed by atoms with van der Waals surface area (Å²) in [5.41, 5.74) is 2.05. The van der Waals surface area contributed by atoms with Crippen LogP contribution in [0.3, 0.4) is 0 Å². The number of hydrogen-bond donors (Lipinski definition) is 1. The van der Waals surface area contributed by atoms with E-state index in [9.17, 15) is 9.59 Å². The third kappa shape index (κ3) is 3.73. The zero-order valence-corrected chi connectivity index (χ0v) is 17.7. The number of fused-ring (bicyclic) bond motifs is 3. The summed E-state index contributed by atoms with van der Waals surface area (Å²) >= 11 is 3.18. The first kappa shape index (κ1) is 19.2. The van der Waals surface area contributed by atoms with E-state index in [2.05, 4.69) is 12.2 Å². The number of nitrogens with one attached hydrogen (secondary N) is 1. The molecule has 0 aliphatic heterocycles. The molecule has 2 aromatic heterocycles. The number of nitrogens with zero attached hydrogens (tertiary/aromatic N) is 2. The van der Waals surface area contributed by atoms with Crippen LogP contribution in [0.5, 0.6) is 0 Å². The average molecular weight is 414 g/mol. The monoisotopic (exact) mass is 413 g/mol. The number of thiophene rings is 1. The SMILES string of the molecule is CC(=O)NCCSc1nc2sc3c(c2c(=O)n1-c1ccccc1)CC[C@@H](C)C3. The number of benzene rings is 1. The Morgan fingerprint density at radius 1 is 1.36 bits per heavy atom.